The molecule has 3 nitrogen and oxygen atoms in total. The van der Waals surface area contributed by atoms with Crippen LogP contribution < -0.4 is 0 Å². The van der Waals surface area contributed by atoms with Gasteiger partial charge < -0.3 is 15.2 Å². The summed E-state index contributed by atoms with van der Waals surface area (Å²) in [7, 11) is 0. The van der Waals surface area contributed by atoms with Crippen LogP contribution in [-0.4, -0.2) is 15.2 Å². The van der Waals surface area contributed by atoms with Crippen molar-refractivity contribution in [2.75, 3.05) is 0 Å². The van der Waals surface area contributed by atoms with Crippen molar-refractivity contribution in [2.45, 2.75) is 13.8 Å². The smallest absolute Gasteiger partial charge is 0.158 e. The zero-order valence-corrected chi connectivity index (χ0v) is 10.8. The lowest BCUT2D eigenvalue weighted by Crippen LogP contribution is -1.82. The summed E-state index contributed by atoms with van der Waals surface area (Å²) >= 11 is 5.89. The number of hydrogen-bond acceptors (Lipinski definition) is 2. The molecule has 3 aromatic rings. The second-order valence-corrected chi connectivity index (χ2v) is 4.94. The fraction of sp³-hybridized carbons (Fsp3) is 0.143. The molecule has 0 spiro atoms. The van der Waals surface area contributed by atoms with Crippen LogP contribution in [0.1, 0.15) is 11.1 Å². The van der Waals surface area contributed by atoms with Crippen LogP contribution in [0.4, 0.5) is 0 Å². The average molecular weight is 262 g/mol. The number of phenols is 2. The second-order valence-electron chi connectivity index (χ2n) is 4.53. The van der Waals surface area contributed by atoms with Crippen molar-refractivity contribution in [1.29, 1.82) is 0 Å². The van der Waals surface area contributed by atoms with Gasteiger partial charge in [0.25, 0.3) is 0 Å². The van der Waals surface area contributed by atoms with Crippen molar-refractivity contribution in [3.05, 3.63) is 34.3 Å². The van der Waals surface area contributed by atoms with Crippen LogP contribution in [-0.2, 0) is 0 Å². The van der Waals surface area contributed by atoms with Gasteiger partial charge in [0.1, 0.15) is 5.75 Å². The zero-order valence-electron chi connectivity index (χ0n) is 10.0. The third kappa shape index (κ3) is 1.31. The van der Waals surface area contributed by atoms with Crippen LogP contribution in [0, 0.1) is 13.8 Å². The lowest BCUT2D eigenvalue weighted by Gasteiger charge is -2.04. The minimum absolute atomic E-state index is 0.0156. The monoisotopic (exact) mass is 261 g/mol. The molecule has 18 heavy (non-hydrogen) atoms. The molecule has 0 aliphatic rings. The molecule has 0 aliphatic heterocycles. The number of aromatic nitrogens is 1. The first-order valence-electron chi connectivity index (χ1n) is 5.62. The number of nitrogens with one attached hydrogen (secondary N) is 1. The Morgan fingerprint density at radius 3 is 2.56 bits per heavy atom. The first-order chi connectivity index (χ1) is 8.50. The van der Waals surface area contributed by atoms with E-state index < -0.39 is 0 Å². The third-order valence-electron chi connectivity index (χ3n) is 3.47. The number of fused-ring (bicyclic) bond motifs is 3. The van der Waals surface area contributed by atoms with E-state index in [9.17, 15) is 10.2 Å². The standard InChI is InChI=1S/C14H12ClNO2/c1-6-5-10(17)13-11(7(6)2)8-3-4-9(15)14(18)12(8)16-13/h3-5,16-18H,1-2H3. The molecule has 0 saturated carbocycles. The lowest BCUT2D eigenvalue weighted by molar-refractivity contribution is 0.479. The van der Waals surface area contributed by atoms with Crippen molar-refractivity contribution >= 4 is 33.4 Å². The van der Waals surface area contributed by atoms with Crippen LogP contribution in [0.2, 0.25) is 5.02 Å². The Morgan fingerprint density at radius 2 is 1.83 bits per heavy atom. The first-order valence-corrected chi connectivity index (χ1v) is 6.00. The second kappa shape index (κ2) is 3.56. The molecular formula is C14H12ClNO2. The molecule has 4 heteroatoms. The minimum Gasteiger partial charge on any atom is -0.506 e. The number of aromatic hydroxyl groups is 2. The zero-order chi connectivity index (χ0) is 13.0. The maximum Gasteiger partial charge on any atom is 0.158 e. The Bertz CT molecular complexity index is 789. The van der Waals surface area contributed by atoms with Crippen LogP contribution in [0.15, 0.2) is 18.2 Å². The predicted octanol–water partition coefficient (Wildman–Crippen LogP) is 4.00. The number of hydrogen-bond donors (Lipinski definition) is 3. The number of aromatic amines is 1. The van der Waals surface area contributed by atoms with Gasteiger partial charge in [-0.15, -0.1) is 0 Å². The molecule has 0 saturated heterocycles. The normalized spacial score (nSPS) is 11.5. The molecular weight excluding hydrogens is 250 g/mol. The molecule has 0 bridgehead atoms. The summed E-state index contributed by atoms with van der Waals surface area (Å²) in [5.41, 5.74) is 3.28. The minimum atomic E-state index is 0.0156. The van der Waals surface area contributed by atoms with Gasteiger partial charge >= 0.3 is 0 Å². The Balaban J connectivity index is 2.64. The molecule has 1 aromatic heterocycles. The van der Waals surface area contributed by atoms with E-state index in [1.54, 1.807) is 12.1 Å². The number of rotatable bonds is 0. The summed E-state index contributed by atoms with van der Waals surface area (Å²) in [6.45, 7) is 3.94. The number of H-pyrrole nitrogens is 1. The van der Waals surface area contributed by atoms with E-state index in [1.165, 1.54) is 0 Å². The highest BCUT2D eigenvalue weighted by Crippen LogP contribution is 2.40. The topological polar surface area (TPSA) is 56.2 Å². The maximum absolute atomic E-state index is 9.99. The Kier molecular flexibility index (Phi) is 2.22. The lowest BCUT2D eigenvalue weighted by atomic mass is 10.0. The highest BCUT2D eigenvalue weighted by atomic mass is 35.5. The van der Waals surface area contributed by atoms with E-state index in [1.807, 2.05) is 19.9 Å². The van der Waals surface area contributed by atoms with Gasteiger partial charge in [0.05, 0.1) is 16.1 Å². The van der Waals surface area contributed by atoms with Crippen molar-refractivity contribution < 1.29 is 10.2 Å². The molecule has 0 atom stereocenters. The van der Waals surface area contributed by atoms with E-state index in [2.05, 4.69) is 4.98 Å². The van der Waals surface area contributed by atoms with Gasteiger partial charge in [-0.25, -0.2) is 0 Å². The molecule has 0 radical (unpaired) electrons. The fourth-order valence-corrected chi connectivity index (χ4v) is 2.54. The summed E-state index contributed by atoms with van der Waals surface area (Å²) in [5, 5.41) is 22.0. The number of halogens is 1. The van der Waals surface area contributed by atoms with Gasteiger partial charge in [-0.3, -0.25) is 0 Å². The van der Waals surface area contributed by atoms with Crippen LogP contribution >= 0.6 is 11.6 Å². The van der Waals surface area contributed by atoms with Gasteiger partial charge in [-0.2, -0.15) is 0 Å². The van der Waals surface area contributed by atoms with Crippen LogP contribution in [0.3, 0.4) is 0 Å². The number of aryl methyl sites for hydroxylation is 2. The maximum atomic E-state index is 9.99. The van der Waals surface area contributed by atoms with E-state index in [0.717, 1.165) is 21.9 Å². The highest BCUT2D eigenvalue weighted by Gasteiger charge is 2.15. The third-order valence-corrected chi connectivity index (χ3v) is 3.78. The first kappa shape index (κ1) is 11.2. The number of phenolic OH excluding ortho intramolecular Hbond substituents is 2. The van der Waals surface area contributed by atoms with E-state index in [4.69, 9.17) is 11.6 Å². The van der Waals surface area contributed by atoms with E-state index >= 15 is 0 Å². The van der Waals surface area contributed by atoms with Crippen molar-refractivity contribution in [3.63, 3.8) is 0 Å². The number of benzene rings is 2. The Morgan fingerprint density at radius 1 is 1.11 bits per heavy atom. The van der Waals surface area contributed by atoms with Gasteiger partial charge in [0.15, 0.2) is 5.75 Å². The molecule has 0 fully saturated rings. The van der Waals surface area contributed by atoms with Gasteiger partial charge in [-0.05, 0) is 37.1 Å². The molecule has 0 unspecified atom stereocenters. The molecule has 0 aliphatic carbocycles. The molecule has 3 N–H and O–H groups in total. The van der Waals surface area contributed by atoms with Gasteiger partial charge in [0.2, 0.25) is 0 Å². The summed E-state index contributed by atoms with van der Waals surface area (Å²) in [6, 6.07) is 5.22. The average Bonchev–Trinajstić information content (AvgIpc) is 2.72. The summed E-state index contributed by atoms with van der Waals surface area (Å²) in [5.74, 6) is 0.196. The largest absolute Gasteiger partial charge is 0.506 e. The van der Waals surface area contributed by atoms with Crippen molar-refractivity contribution in [1.82, 2.24) is 4.98 Å². The molecule has 3 rings (SSSR count). The summed E-state index contributed by atoms with van der Waals surface area (Å²) in [6.07, 6.45) is 0. The fourth-order valence-electron chi connectivity index (χ4n) is 2.39. The van der Waals surface area contributed by atoms with E-state index in [0.29, 0.717) is 16.1 Å². The summed E-state index contributed by atoms with van der Waals surface area (Å²) in [4.78, 5) is 3.04. The Labute approximate surface area is 109 Å². The van der Waals surface area contributed by atoms with Gasteiger partial charge in [0, 0.05) is 10.8 Å². The van der Waals surface area contributed by atoms with Crippen LogP contribution in [0.25, 0.3) is 21.8 Å². The van der Waals surface area contributed by atoms with Crippen LogP contribution in [0.5, 0.6) is 11.5 Å². The van der Waals surface area contributed by atoms with Crippen molar-refractivity contribution in [3.8, 4) is 11.5 Å². The molecule has 2 aromatic carbocycles. The SMILES string of the molecule is Cc1cc(O)c2[nH]c3c(O)c(Cl)ccc3c2c1C. The van der Waals surface area contributed by atoms with Gasteiger partial charge in [-0.1, -0.05) is 17.7 Å². The highest BCUT2D eigenvalue weighted by molar-refractivity contribution is 6.33. The quantitative estimate of drug-likeness (QED) is 0.573. The van der Waals surface area contributed by atoms with E-state index in [-0.39, 0.29) is 11.5 Å². The molecule has 0 amide bonds. The Hall–Kier alpha value is -1.87. The van der Waals surface area contributed by atoms with Crippen molar-refractivity contribution in [2.24, 2.45) is 0 Å². The predicted molar refractivity (Wildman–Crippen MR) is 73.6 cm³/mol. The molecule has 1 heterocycles. The molecule has 92 valence electrons. The summed E-state index contributed by atoms with van der Waals surface area (Å²) < 4.78 is 0.